The van der Waals surface area contributed by atoms with E-state index in [1.807, 2.05) is 0 Å². The second-order valence-electron chi connectivity index (χ2n) is 6.95. The summed E-state index contributed by atoms with van der Waals surface area (Å²) in [5.41, 5.74) is 0.507. The number of rotatable bonds is 1. The standard InChI is InChI=1S/C15H19NO2/c1-9-2-13(17)16(14(9)18)15-6-10-3-11(7-15)5-12(4-10)8-15/h2,10-12H,3-8H2,1H3. The van der Waals surface area contributed by atoms with Crippen LogP contribution in [0.5, 0.6) is 0 Å². The molecule has 3 heteroatoms. The Morgan fingerprint density at radius 1 is 1.06 bits per heavy atom. The first kappa shape index (κ1) is 10.8. The van der Waals surface area contributed by atoms with Crippen LogP contribution in [0.2, 0.25) is 0 Å². The molecule has 0 saturated heterocycles. The molecule has 4 saturated carbocycles. The molecule has 1 heterocycles. The summed E-state index contributed by atoms with van der Waals surface area (Å²) in [6.45, 7) is 1.76. The Bertz CT molecular complexity index is 442. The Balaban J connectivity index is 1.72. The molecule has 5 aliphatic rings. The van der Waals surface area contributed by atoms with Crippen molar-refractivity contribution in [3.63, 3.8) is 0 Å². The molecule has 0 spiro atoms. The second kappa shape index (κ2) is 3.25. The number of nitrogens with zero attached hydrogens (tertiary/aromatic N) is 1. The maximum Gasteiger partial charge on any atom is 0.257 e. The van der Waals surface area contributed by atoms with Crippen molar-refractivity contribution in [2.75, 3.05) is 0 Å². The molecule has 0 radical (unpaired) electrons. The van der Waals surface area contributed by atoms with Crippen molar-refractivity contribution in [1.29, 1.82) is 0 Å². The van der Waals surface area contributed by atoms with E-state index >= 15 is 0 Å². The lowest BCUT2D eigenvalue weighted by Crippen LogP contribution is -2.61. The van der Waals surface area contributed by atoms with Gasteiger partial charge in [0.1, 0.15) is 0 Å². The molecule has 0 atom stereocenters. The minimum atomic E-state index is -0.114. The zero-order chi connectivity index (χ0) is 12.5. The van der Waals surface area contributed by atoms with Gasteiger partial charge in [0.2, 0.25) is 0 Å². The topological polar surface area (TPSA) is 37.4 Å². The van der Waals surface area contributed by atoms with E-state index in [4.69, 9.17) is 0 Å². The Hall–Kier alpha value is -1.12. The van der Waals surface area contributed by atoms with Crippen LogP contribution < -0.4 is 0 Å². The molecule has 2 amide bonds. The van der Waals surface area contributed by atoms with Crippen molar-refractivity contribution in [2.24, 2.45) is 17.8 Å². The van der Waals surface area contributed by atoms with Gasteiger partial charge in [0.15, 0.2) is 0 Å². The minimum absolute atomic E-state index is 0.0260. The predicted octanol–water partition coefficient (Wildman–Crippen LogP) is 2.27. The summed E-state index contributed by atoms with van der Waals surface area (Å²) in [4.78, 5) is 26.0. The fraction of sp³-hybridized carbons (Fsp3) is 0.733. The first-order valence-electron chi connectivity index (χ1n) is 7.14. The molecule has 0 aromatic rings. The first-order chi connectivity index (χ1) is 8.57. The first-order valence-corrected chi connectivity index (χ1v) is 7.14. The molecule has 18 heavy (non-hydrogen) atoms. The molecular weight excluding hydrogens is 226 g/mol. The van der Waals surface area contributed by atoms with E-state index in [9.17, 15) is 9.59 Å². The van der Waals surface area contributed by atoms with Crippen molar-refractivity contribution in [3.05, 3.63) is 11.6 Å². The van der Waals surface area contributed by atoms with Crippen LogP contribution in [0.3, 0.4) is 0 Å². The number of carbonyl (C=O) groups is 2. The van der Waals surface area contributed by atoms with Crippen LogP contribution in [0, 0.1) is 17.8 Å². The van der Waals surface area contributed by atoms with Crippen LogP contribution in [-0.2, 0) is 9.59 Å². The van der Waals surface area contributed by atoms with Gasteiger partial charge in [-0.1, -0.05) is 0 Å². The highest BCUT2D eigenvalue weighted by Gasteiger charge is 2.57. The molecule has 0 N–H and O–H groups in total. The zero-order valence-electron chi connectivity index (χ0n) is 10.8. The predicted molar refractivity (Wildman–Crippen MR) is 66.5 cm³/mol. The summed E-state index contributed by atoms with van der Waals surface area (Å²) in [6, 6.07) is 0. The summed E-state index contributed by atoms with van der Waals surface area (Å²) in [5.74, 6) is 2.20. The number of hydrogen-bond donors (Lipinski definition) is 0. The van der Waals surface area contributed by atoms with Gasteiger partial charge in [-0.15, -0.1) is 0 Å². The lowest BCUT2D eigenvalue weighted by Gasteiger charge is -2.59. The summed E-state index contributed by atoms with van der Waals surface area (Å²) in [6.07, 6.45) is 8.74. The second-order valence-corrected chi connectivity index (χ2v) is 6.95. The van der Waals surface area contributed by atoms with E-state index in [-0.39, 0.29) is 17.4 Å². The highest BCUT2D eigenvalue weighted by Crippen LogP contribution is 2.58. The monoisotopic (exact) mass is 245 g/mol. The van der Waals surface area contributed by atoms with Crippen LogP contribution in [-0.4, -0.2) is 22.3 Å². The van der Waals surface area contributed by atoms with Gasteiger partial charge >= 0.3 is 0 Å². The SMILES string of the molecule is CC1=CC(=O)N(C23CC4CC(CC(C4)C2)C3)C1=O. The van der Waals surface area contributed by atoms with E-state index in [1.54, 1.807) is 11.8 Å². The molecule has 1 aliphatic heterocycles. The molecule has 0 unspecified atom stereocenters. The average molecular weight is 245 g/mol. The normalized spacial score (nSPS) is 45.9. The average Bonchev–Trinajstić information content (AvgIpc) is 2.51. The molecule has 4 fully saturated rings. The molecular formula is C15H19NO2. The molecule has 5 rings (SSSR count). The third kappa shape index (κ3) is 1.25. The highest BCUT2D eigenvalue weighted by atomic mass is 16.2. The van der Waals surface area contributed by atoms with E-state index in [2.05, 4.69) is 0 Å². The van der Waals surface area contributed by atoms with Crippen molar-refractivity contribution in [2.45, 2.75) is 51.0 Å². The fourth-order valence-electron chi connectivity index (χ4n) is 5.38. The van der Waals surface area contributed by atoms with Gasteiger partial charge in [-0.3, -0.25) is 14.5 Å². The Labute approximate surface area is 107 Å². The maximum atomic E-state index is 12.3. The summed E-state index contributed by atoms with van der Waals surface area (Å²) in [5, 5.41) is 0. The third-order valence-corrected chi connectivity index (χ3v) is 5.58. The number of amides is 2. The zero-order valence-corrected chi connectivity index (χ0v) is 10.8. The van der Waals surface area contributed by atoms with Crippen molar-refractivity contribution < 1.29 is 9.59 Å². The number of carbonyl (C=O) groups excluding carboxylic acids is 2. The third-order valence-electron chi connectivity index (χ3n) is 5.58. The fourth-order valence-corrected chi connectivity index (χ4v) is 5.38. The van der Waals surface area contributed by atoms with E-state index in [0.29, 0.717) is 5.57 Å². The molecule has 0 aromatic heterocycles. The lowest BCUT2D eigenvalue weighted by atomic mass is 9.52. The van der Waals surface area contributed by atoms with Crippen LogP contribution in [0.1, 0.15) is 45.4 Å². The van der Waals surface area contributed by atoms with E-state index < -0.39 is 0 Å². The van der Waals surface area contributed by atoms with E-state index in [1.165, 1.54) is 25.3 Å². The van der Waals surface area contributed by atoms with Crippen LogP contribution >= 0.6 is 0 Å². The van der Waals surface area contributed by atoms with Crippen molar-refractivity contribution >= 4 is 11.8 Å². The summed E-state index contributed by atoms with van der Waals surface area (Å²) in [7, 11) is 0. The quantitative estimate of drug-likeness (QED) is 0.665. The van der Waals surface area contributed by atoms with Crippen LogP contribution in [0.25, 0.3) is 0 Å². The van der Waals surface area contributed by atoms with Gasteiger partial charge in [0.25, 0.3) is 11.8 Å². The molecule has 0 aromatic carbocycles. The number of hydrogen-bond acceptors (Lipinski definition) is 2. The number of imide groups is 1. The Morgan fingerprint density at radius 2 is 1.56 bits per heavy atom. The Kier molecular flexibility index (Phi) is 1.95. The van der Waals surface area contributed by atoms with E-state index in [0.717, 1.165) is 37.0 Å². The van der Waals surface area contributed by atoms with Gasteiger partial charge in [-0.05, 0) is 63.2 Å². The summed E-state index contributed by atoms with van der Waals surface area (Å²) >= 11 is 0. The van der Waals surface area contributed by atoms with Crippen molar-refractivity contribution in [3.8, 4) is 0 Å². The highest BCUT2D eigenvalue weighted by molar-refractivity contribution is 6.16. The lowest BCUT2D eigenvalue weighted by molar-refractivity contribution is -0.156. The maximum absolute atomic E-state index is 12.3. The summed E-state index contributed by atoms with van der Waals surface area (Å²) < 4.78 is 0. The molecule has 4 aliphatic carbocycles. The van der Waals surface area contributed by atoms with Gasteiger partial charge in [-0.2, -0.15) is 0 Å². The van der Waals surface area contributed by atoms with Crippen LogP contribution in [0.4, 0.5) is 0 Å². The van der Waals surface area contributed by atoms with Gasteiger partial charge in [0.05, 0.1) is 5.54 Å². The smallest absolute Gasteiger partial charge is 0.257 e. The molecule has 3 nitrogen and oxygen atoms in total. The van der Waals surface area contributed by atoms with Gasteiger partial charge in [-0.25, -0.2) is 0 Å². The van der Waals surface area contributed by atoms with Crippen molar-refractivity contribution in [1.82, 2.24) is 4.90 Å². The van der Waals surface area contributed by atoms with Gasteiger partial charge in [0, 0.05) is 11.6 Å². The van der Waals surface area contributed by atoms with Crippen LogP contribution in [0.15, 0.2) is 11.6 Å². The minimum Gasteiger partial charge on any atom is -0.269 e. The molecule has 96 valence electrons. The van der Waals surface area contributed by atoms with Gasteiger partial charge < -0.3 is 0 Å². The Morgan fingerprint density at radius 3 is 1.94 bits per heavy atom. The molecule has 4 bridgehead atoms. The largest absolute Gasteiger partial charge is 0.269 e.